The molecule has 9 nitrogen and oxygen atoms in total. The fraction of sp³-hybridized carbons (Fsp3) is 0.368. The Balaban J connectivity index is 1.66. The molecule has 0 unspecified atom stereocenters. The third-order valence-corrected chi connectivity index (χ3v) is 4.34. The Bertz CT molecular complexity index is 882. The van der Waals surface area contributed by atoms with E-state index >= 15 is 0 Å². The lowest BCUT2D eigenvalue weighted by Gasteiger charge is -2.19. The molecule has 2 heterocycles. The van der Waals surface area contributed by atoms with E-state index in [1.165, 1.54) is 4.90 Å². The quantitative estimate of drug-likeness (QED) is 0.817. The molecular formula is C19H23N5O4. The zero-order valence-corrected chi connectivity index (χ0v) is 16.4. The van der Waals surface area contributed by atoms with E-state index in [1.807, 2.05) is 19.9 Å². The minimum atomic E-state index is -0.340. The Labute approximate surface area is 163 Å². The number of urea groups is 1. The Hall–Kier alpha value is -3.36. The normalized spacial score (nSPS) is 13.6. The van der Waals surface area contributed by atoms with Gasteiger partial charge in [0.2, 0.25) is 11.9 Å². The van der Waals surface area contributed by atoms with E-state index in [9.17, 15) is 9.59 Å². The molecule has 0 bridgehead atoms. The summed E-state index contributed by atoms with van der Waals surface area (Å²) >= 11 is 0. The topological polar surface area (TPSA) is 96.9 Å². The minimum absolute atomic E-state index is 0.0705. The molecule has 0 atom stereocenters. The molecule has 3 rings (SSSR count). The van der Waals surface area contributed by atoms with Crippen LogP contribution in [0.4, 0.5) is 16.4 Å². The van der Waals surface area contributed by atoms with Crippen LogP contribution in [0.5, 0.6) is 11.5 Å². The molecule has 0 radical (unpaired) electrons. The summed E-state index contributed by atoms with van der Waals surface area (Å²) in [5.74, 6) is 1.02. The van der Waals surface area contributed by atoms with Crippen LogP contribution in [0, 0.1) is 13.8 Å². The molecule has 1 aromatic heterocycles. The monoisotopic (exact) mass is 385 g/mol. The number of amides is 3. The second kappa shape index (κ2) is 8.12. The number of aromatic nitrogens is 2. The largest absolute Gasteiger partial charge is 0.493 e. The van der Waals surface area contributed by atoms with E-state index in [2.05, 4.69) is 15.3 Å². The standard InChI is InChI=1S/C19H23N5O4/c1-12-9-13(2)21-18(20-12)22-17(25)11-23-7-8-24(19(23)26)14-5-6-15(27-3)16(10-14)28-4/h5-6,9-10H,7-8,11H2,1-4H3,(H,20,21,22,25). The molecule has 148 valence electrons. The number of hydrogen-bond donors (Lipinski definition) is 1. The molecule has 1 N–H and O–H groups in total. The summed E-state index contributed by atoms with van der Waals surface area (Å²) in [4.78, 5) is 36.5. The number of benzene rings is 1. The summed E-state index contributed by atoms with van der Waals surface area (Å²) < 4.78 is 10.5. The zero-order chi connectivity index (χ0) is 20.3. The van der Waals surface area contributed by atoms with E-state index in [0.29, 0.717) is 30.3 Å². The van der Waals surface area contributed by atoms with E-state index in [4.69, 9.17) is 9.47 Å². The number of anilines is 2. The van der Waals surface area contributed by atoms with Gasteiger partial charge in [-0.1, -0.05) is 0 Å². The number of hydrogen-bond acceptors (Lipinski definition) is 6. The van der Waals surface area contributed by atoms with Crippen molar-refractivity contribution < 1.29 is 19.1 Å². The predicted molar refractivity (Wildman–Crippen MR) is 104 cm³/mol. The van der Waals surface area contributed by atoms with Crippen molar-refractivity contribution in [3.05, 3.63) is 35.7 Å². The highest BCUT2D eigenvalue weighted by molar-refractivity contribution is 5.99. The smallest absolute Gasteiger partial charge is 0.325 e. The minimum Gasteiger partial charge on any atom is -0.493 e. The van der Waals surface area contributed by atoms with Gasteiger partial charge in [0, 0.05) is 36.2 Å². The van der Waals surface area contributed by atoms with Crippen molar-refractivity contribution in [2.45, 2.75) is 13.8 Å². The van der Waals surface area contributed by atoms with Crippen molar-refractivity contribution in [3.63, 3.8) is 0 Å². The van der Waals surface area contributed by atoms with Crippen molar-refractivity contribution in [1.82, 2.24) is 14.9 Å². The van der Waals surface area contributed by atoms with Gasteiger partial charge in [-0.05, 0) is 32.0 Å². The molecule has 1 aliphatic rings. The number of aryl methyl sites for hydroxylation is 2. The van der Waals surface area contributed by atoms with Crippen LogP contribution in [-0.2, 0) is 4.79 Å². The summed E-state index contributed by atoms with van der Waals surface area (Å²) in [6.07, 6.45) is 0. The van der Waals surface area contributed by atoms with Crippen LogP contribution in [0.2, 0.25) is 0 Å². The van der Waals surface area contributed by atoms with Crippen LogP contribution >= 0.6 is 0 Å². The van der Waals surface area contributed by atoms with Crippen molar-refractivity contribution in [1.29, 1.82) is 0 Å². The number of nitrogens with one attached hydrogen (secondary N) is 1. The number of methoxy groups -OCH3 is 2. The number of rotatable bonds is 6. The summed E-state index contributed by atoms with van der Waals surface area (Å²) in [5.41, 5.74) is 2.21. The second-order valence-electron chi connectivity index (χ2n) is 6.42. The Morgan fingerprint density at radius 1 is 1.07 bits per heavy atom. The third-order valence-electron chi connectivity index (χ3n) is 4.34. The van der Waals surface area contributed by atoms with Gasteiger partial charge in [0.25, 0.3) is 0 Å². The Morgan fingerprint density at radius 3 is 2.39 bits per heavy atom. The number of ether oxygens (including phenoxy) is 2. The molecule has 0 spiro atoms. The van der Waals surface area contributed by atoms with Crippen LogP contribution in [0.25, 0.3) is 0 Å². The van der Waals surface area contributed by atoms with Crippen LogP contribution < -0.4 is 19.7 Å². The molecule has 0 aliphatic carbocycles. The van der Waals surface area contributed by atoms with Crippen LogP contribution in [-0.4, -0.2) is 60.7 Å². The van der Waals surface area contributed by atoms with Gasteiger partial charge in [-0.15, -0.1) is 0 Å². The Kier molecular flexibility index (Phi) is 5.62. The predicted octanol–water partition coefficient (Wildman–Crippen LogP) is 1.99. The summed E-state index contributed by atoms with van der Waals surface area (Å²) in [7, 11) is 3.09. The van der Waals surface area contributed by atoms with Gasteiger partial charge in [-0.3, -0.25) is 15.0 Å². The highest BCUT2D eigenvalue weighted by Crippen LogP contribution is 2.32. The highest BCUT2D eigenvalue weighted by atomic mass is 16.5. The van der Waals surface area contributed by atoms with E-state index < -0.39 is 0 Å². The third kappa shape index (κ3) is 4.13. The van der Waals surface area contributed by atoms with Crippen LogP contribution in [0.1, 0.15) is 11.4 Å². The van der Waals surface area contributed by atoms with E-state index in [1.54, 1.807) is 37.3 Å². The maximum absolute atomic E-state index is 12.7. The van der Waals surface area contributed by atoms with Crippen molar-refractivity contribution in [3.8, 4) is 11.5 Å². The Morgan fingerprint density at radius 2 is 1.75 bits per heavy atom. The first-order chi connectivity index (χ1) is 13.4. The molecule has 0 saturated carbocycles. The summed E-state index contributed by atoms with van der Waals surface area (Å²) in [5, 5.41) is 2.65. The molecule has 1 fully saturated rings. The van der Waals surface area contributed by atoms with Crippen LogP contribution in [0.3, 0.4) is 0 Å². The van der Waals surface area contributed by atoms with Gasteiger partial charge >= 0.3 is 6.03 Å². The average molecular weight is 385 g/mol. The lowest BCUT2D eigenvalue weighted by atomic mass is 10.2. The van der Waals surface area contributed by atoms with Gasteiger partial charge in [0.1, 0.15) is 6.54 Å². The SMILES string of the molecule is COc1ccc(N2CCN(CC(=O)Nc3nc(C)cc(C)n3)C2=O)cc1OC. The first kappa shape index (κ1) is 19.4. The van der Waals surface area contributed by atoms with E-state index in [0.717, 1.165) is 11.4 Å². The lowest BCUT2D eigenvalue weighted by molar-refractivity contribution is -0.116. The average Bonchev–Trinajstić information content (AvgIpc) is 3.00. The van der Waals surface area contributed by atoms with Gasteiger partial charge in [0.05, 0.1) is 14.2 Å². The molecule has 3 amide bonds. The molecule has 1 saturated heterocycles. The second-order valence-corrected chi connectivity index (χ2v) is 6.42. The summed E-state index contributed by atoms with van der Waals surface area (Å²) in [6.45, 7) is 4.50. The maximum atomic E-state index is 12.7. The molecule has 2 aromatic rings. The fourth-order valence-electron chi connectivity index (χ4n) is 3.08. The summed E-state index contributed by atoms with van der Waals surface area (Å²) in [6, 6.07) is 6.84. The highest BCUT2D eigenvalue weighted by Gasteiger charge is 2.31. The molecule has 1 aliphatic heterocycles. The van der Waals surface area contributed by atoms with Crippen LogP contribution in [0.15, 0.2) is 24.3 Å². The molecule has 1 aromatic carbocycles. The van der Waals surface area contributed by atoms with E-state index in [-0.39, 0.29) is 24.4 Å². The molecular weight excluding hydrogens is 362 g/mol. The van der Waals surface area contributed by atoms with Gasteiger partial charge in [0.15, 0.2) is 11.5 Å². The maximum Gasteiger partial charge on any atom is 0.325 e. The zero-order valence-electron chi connectivity index (χ0n) is 16.4. The first-order valence-corrected chi connectivity index (χ1v) is 8.82. The molecule has 9 heteroatoms. The lowest BCUT2D eigenvalue weighted by Crippen LogP contribution is -2.37. The number of nitrogens with zero attached hydrogens (tertiary/aromatic N) is 4. The van der Waals surface area contributed by atoms with Gasteiger partial charge < -0.3 is 14.4 Å². The van der Waals surface area contributed by atoms with Crippen molar-refractivity contribution in [2.75, 3.05) is 44.1 Å². The van der Waals surface area contributed by atoms with Crippen molar-refractivity contribution in [2.24, 2.45) is 0 Å². The fourth-order valence-corrected chi connectivity index (χ4v) is 3.08. The van der Waals surface area contributed by atoms with Crippen molar-refractivity contribution >= 4 is 23.6 Å². The number of carbonyl (C=O) groups excluding carboxylic acids is 2. The van der Waals surface area contributed by atoms with Gasteiger partial charge in [-0.2, -0.15) is 0 Å². The number of carbonyl (C=O) groups is 2. The van der Waals surface area contributed by atoms with Gasteiger partial charge in [-0.25, -0.2) is 14.8 Å². The molecule has 28 heavy (non-hydrogen) atoms. The first-order valence-electron chi connectivity index (χ1n) is 8.82.